The fourth-order valence-corrected chi connectivity index (χ4v) is 2.01. The van der Waals surface area contributed by atoms with Crippen LogP contribution in [0, 0.1) is 0 Å². The van der Waals surface area contributed by atoms with Gasteiger partial charge in [0.2, 0.25) is 5.91 Å². The van der Waals surface area contributed by atoms with Crippen LogP contribution < -0.4 is 20.1 Å². The van der Waals surface area contributed by atoms with Gasteiger partial charge in [-0.15, -0.1) is 0 Å². The monoisotopic (exact) mass is 300 g/mol. The average Bonchev–Trinajstić information content (AvgIpc) is 2.55. The van der Waals surface area contributed by atoms with Crippen LogP contribution in [0.3, 0.4) is 0 Å². The van der Waals surface area contributed by atoms with E-state index in [4.69, 9.17) is 9.47 Å². The highest BCUT2D eigenvalue weighted by Crippen LogP contribution is 2.23. The summed E-state index contributed by atoms with van der Waals surface area (Å²) in [6.07, 6.45) is 0.356. The van der Waals surface area contributed by atoms with Gasteiger partial charge in [-0.05, 0) is 24.3 Å². The summed E-state index contributed by atoms with van der Waals surface area (Å²) in [6.45, 7) is 0.536. The maximum atomic E-state index is 12.0. The first-order valence-corrected chi connectivity index (χ1v) is 7.03. The van der Waals surface area contributed by atoms with E-state index in [1.54, 1.807) is 14.2 Å². The van der Waals surface area contributed by atoms with Gasteiger partial charge in [0.15, 0.2) is 0 Å². The highest BCUT2D eigenvalue weighted by atomic mass is 16.5. The van der Waals surface area contributed by atoms with Crippen molar-refractivity contribution in [2.75, 3.05) is 31.4 Å². The van der Waals surface area contributed by atoms with Gasteiger partial charge in [-0.1, -0.05) is 18.2 Å². The Kier molecular flexibility index (Phi) is 5.65. The molecule has 0 fully saturated rings. The predicted octanol–water partition coefficient (Wildman–Crippen LogP) is 3.14. The Morgan fingerprint density at radius 1 is 1.05 bits per heavy atom. The molecule has 0 saturated heterocycles. The van der Waals surface area contributed by atoms with Gasteiger partial charge in [0, 0.05) is 24.7 Å². The number of benzene rings is 2. The minimum Gasteiger partial charge on any atom is -0.497 e. The Labute approximate surface area is 130 Å². The second-order valence-corrected chi connectivity index (χ2v) is 4.66. The van der Waals surface area contributed by atoms with Crippen LogP contribution in [0.1, 0.15) is 6.42 Å². The lowest BCUT2D eigenvalue weighted by atomic mass is 10.2. The molecule has 22 heavy (non-hydrogen) atoms. The molecule has 0 saturated carbocycles. The van der Waals surface area contributed by atoms with Crippen molar-refractivity contribution < 1.29 is 14.3 Å². The Morgan fingerprint density at radius 3 is 2.64 bits per heavy atom. The molecule has 5 nitrogen and oxygen atoms in total. The van der Waals surface area contributed by atoms with Crippen molar-refractivity contribution in [3.63, 3.8) is 0 Å². The van der Waals surface area contributed by atoms with Crippen LogP contribution in [-0.2, 0) is 4.79 Å². The number of methoxy groups -OCH3 is 2. The van der Waals surface area contributed by atoms with E-state index in [0.717, 1.165) is 11.4 Å². The summed E-state index contributed by atoms with van der Waals surface area (Å²) in [5.74, 6) is 1.36. The summed E-state index contributed by atoms with van der Waals surface area (Å²) in [4.78, 5) is 12.0. The van der Waals surface area contributed by atoms with Gasteiger partial charge >= 0.3 is 0 Å². The number of para-hydroxylation sites is 2. The molecule has 0 aromatic heterocycles. The highest BCUT2D eigenvalue weighted by molar-refractivity contribution is 5.92. The zero-order valence-corrected chi connectivity index (χ0v) is 12.8. The quantitative estimate of drug-likeness (QED) is 0.824. The molecule has 0 radical (unpaired) electrons. The number of hydrogen-bond donors (Lipinski definition) is 2. The third-order valence-corrected chi connectivity index (χ3v) is 3.13. The summed E-state index contributed by atoms with van der Waals surface area (Å²) in [5, 5.41) is 6.03. The minimum absolute atomic E-state index is 0.0695. The number of carbonyl (C=O) groups is 1. The second kappa shape index (κ2) is 7.93. The van der Waals surface area contributed by atoms with Crippen LogP contribution in [0.5, 0.6) is 11.5 Å². The first kappa shape index (κ1) is 15.7. The summed E-state index contributed by atoms with van der Waals surface area (Å²) in [7, 11) is 3.20. The molecule has 2 aromatic rings. The number of hydrogen-bond acceptors (Lipinski definition) is 4. The minimum atomic E-state index is -0.0695. The van der Waals surface area contributed by atoms with Crippen molar-refractivity contribution in [1.82, 2.24) is 0 Å². The summed E-state index contributed by atoms with van der Waals surface area (Å²) in [5.41, 5.74) is 1.60. The van der Waals surface area contributed by atoms with E-state index in [-0.39, 0.29) is 5.91 Å². The van der Waals surface area contributed by atoms with Gasteiger partial charge in [-0.25, -0.2) is 0 Å². The maximum absolute atomic E-state index is 12.0. The molecule has 0 aliphatic rings. The molecule has 2 aromatic carbocycles. The molecular formula is C17H20N2O3. The smallest absolute Gasteiger partial charge is 0.226 e. The van der Waals surface area contributed by atoms with Crippen molar-refractivity contribution in [1.29, 1.82) is 0 Å². The molecule has 0 spiro atoms. The normalized spacial score (nSPS) is 9.91. The summed E-state index contributed by atoms with van der Waals surface area (Å²) in [6, 6.07) is 14.9. The zero-order chi connectivity index (χ0) is 15.8. The number of carbonyl (C=O) groups excluding carboxylic acids is 1. The maximum Gasteiger partial charge on any atom is 0.226 e. The molecule has 2 N–H and O–H groups in total. The molecule has 0 unspecified atom stereocenters. The lowest BCUT2D eigenvalue weighted by molar-refractivity contribution is -0.115. The molecule has 0 aliphatic carbocycles. The van der Waals surface area contributed by atoms with E-state index < -0.39 is 0 Å². The third kappa shape index (κ3) is 4.41. The average molecular weight is 300 g/mol. The topological polar surface area (TPSA) is 59.6 Å². The van der Waals surface area contributed by atoms with Crippen LogP contribution in [0.25, 0.3) is 0 Å². The lowest BCUT2D eigenvalue weighted by Gasteiger charge is -2.11. The molecular weight excluding hydrogens is 280 g/mol. The van der Waals surface area contributed by atoms with Gasteiger partial charge < -0.3 is 20.1 Å². The zero-order valence-electron chi connectivity index (χ0n) is 12.8. The van der Waals surface area contributed by atoms with Gasteiger partial charge in [-0.2, -0.15) is 0 Å². The van der Waals surface area contributed by atoms with Gasteiger partial charge in [0.05, 0.1) is 19.9 Å². The molecule has 0 atom stereocenters. The standard InChI is InChI=1S/C17H20N2O3/c1-21-14-7-5-6-13(12-14)18-11-10-17(20)19-15-8-3-4-9-16(15)22-2/h3-9,12,18H,10-11H2,1-2H3,(H,19,20). The summed E-state index contributed by atoms with van der Waals surface area (Å²) < 4.78 is 10.4. The third-order valence-electron chi connectivity index (χ3n) is 3.13. The Morgan fingerprint density at radius 2 is 1.86 bits per heavy atom. The number of ether oxygens (including phenoxy) is 2. The first-order valence-electron chi connectivity index (χ1n) is 7.03. The number of nitrogens with one attached hydrogen (secondary N) is 2. The predicted molar refractivity (Wildman–Crippen MR) is 87.7 cm³/mol. The molecule has 0 aliphatic heterocycles. The van der Waals surface area contributed by atoms with E-state index in [2.05, 4.69) is 10.6 Å². The second-order valence-electron chi connectivity index (χ2n) is 4.66. The molecule has 5 heteroatoms. The van der Waals surface area contributed by atoms with Gasteiger partial charge in [0.1, 0.15) is 11.5 Å². The molecule has 116 valence electrons. The van der Waals surface area contributed by atoms with E-state index in [1.165, 1.54) is 0 Å². The fraction of sp³-hybridized carbons (Fsp3) is 0.235. The van der Waals surface area contributed by atoms with Crippen molar-refractivity contribution in [3.8, 4) is 11.5 Å². The fourth-order valence-electron chi connectivity index (χ4n) is 2.01. The number of anilines is 2. The van der Waals surface area contributed by atoms with Gasteiger partial charge in [-0.3, -0.25) is 4.79 Å². The molecule has 0 bridgehead atoms. The van der Waals surface area contributed by atoms with Crippen molar-refractivity contribution >= 4 is 17.3 Å². The summed E-state index contributed by atoms with van der Waals surface area (Å²) >= 11 is 0. The molecule has 0 heterocycles. The van der Waals surface area contributed by atoms with E-state index in [9.17, 15) is 4.79 Å². The van der Waals surface area contributed by atoms with E-state index >= 15 is 0 Å². The SMILES string of the molecule is COc1cccc(NCCC(=O)Nc2ccccc2OC)c1. The Bertz CT molecular complexity index is 629. The first-order chi connectivity index (χ1) is 10.7. The molecule has 2 rings (SSSR count). The van der Waals surface area contributed by atoms with Crippen LogP contribution in [-0.4, -0.2) is 26.7 Å². The van der Waals surface area contributed by atoms with E-state index in [1.807, 2.05) is 48.5 Å². The van der Waals surface area contributed by atoms with Crippen LogP contribution in [0.15, 0.2) is 48.5 Å². The number of amides is 1. The highest BCUT2D eigenvalue weighted by Gasteiger charge is 2.06. The largest absolute Gasteiger partial charge is 0.497 e. The Balaban J connectivity index is 1.82. The molecule has 1 amide bonds. The van der Waals surface area contributed by atoms with Gasteiger partial charge in [0.25, 0.3) is 0 Å². The van der Waals surface area contributed by atoms with E-state index in [0.29, 0.717) is 24.4 Å². The number of rotatable bonds is 7. The van der Waals surface area contributed by atoms with Crippen molar-refractivity contribution in [3.05, 3.63) is 48.5 Å². The van der Waals surface area contributed by atoms with Crippen molar-refractivity contribution in [2.24, 2.45) is 0 Å². The van der Waals surface area contributed by atoms with Crippen LogP contribution in [0.2, 0.25) is 0 Å². The van der Waals surface area contributed by atoms with Crippen molar-refractivity contribution in [2.45, 2.75) is 6.42 Å². The van der Waals surface area contributed by atoms with Crippen LogP contribution in [0.4, 0.5) is 11.4 Å². The Hall–Kier alpha value is -2.69. The lowest BCUT2D eigenvalue weighted by Crippen LogP contribution is -2.16. The van der Waals surface area contributed by atoms with Crippen LogP contribution >= 0.6 is 0 Å².